The van der Waals surface area contributed by atoms with Crippen molar-refractivity contribution in [2.45, 2.75) is 0 Å². The zero-order valence-corrected chi connectivity index (χ0v) is 11.8. The minimum Gasteiger partial charge on any atom is -0.493 e. The molecule has 0 aliphatic carbocycles. The Bertz CT molecular complexity index is 627. The summed E-state index contributed by atoms with van der Waals surface area (Å²) < 4.78 is 10.8. The first kappa shape index (κ1) is 13.9. The van der Waals surface area contributed by atoms with Crippen LogP contribution in [0.3, 0.4) is 0 Å². The molecular weight excluding hydrogens is 248 g/mol. The number of methoxy groups -OCH3 is 2. The van der Waals surface area contributed by atoms with Crippen molar-refractivity contribution in [3.8, 4) is 11.5 Å². The molecule has 0 unspecified atom stereocenters. The zero-order valence-electron chi connectivity index (χ0n) is 11.8. The molecule has 0 bridgehead atoms. The minimum atomic E-state index is 0.678. The molecule has 20 heavy (non-hydrogen) atoms. The molecule has 2 heteroatoms. The van der Waals surface area contributed by atoms with Crippen LogP contribution in [0.4, 0.5) is 0 Å². The van der Waals surface area contributed by atoms with E-state index in [-0.39, 0.29) is 0 Å². The highest BCUT2D eigenvalue weighted by molar-refractivity contribution is 6.04. The second-order valence-electron chi connectivity index (χ2n) is 4.36. The van der Waals surface area contributed by atoms with Gasteiger partial charge in [0.2, 0.25) is 0 Å². The fourth-order valence-corrected chi connectivity index (χ4v) is 2.10. The van der Waals surface area contributed by atoms with Crippen LogP contribution >= 0.6 is 0 Å². The predicted octanol–water partition coefficient (Wildman–Crippen LogP) is 4.43. The average molecular weight is 266 g/mol. The van der Waals surface area contributed by atoms with E-state index in [0.29, 0.717) is 11.5 Å². The van der Waals surface area contributed by atoms with Gasteiger partial charge >= 0.3 is 0 Å². The van der Waals surface area contributed by atoms with Gasteiger partial charge in [0.1, 0.15) is 0 Å². The van der Waals surface area contributed by atoms with Gasteiger partial charge in [0.05, 0.1) is 14.2 Å². The number of benzene rings is 2. The summed E-state index contributed by atoms with van der Waals surface area (Å²) in [4.78, 5) is 0. The van der Waals surface area contributed by atoms with Crippen LogP contribution in [0, 0.1) is 0 Å². The summed E-state index contributed by atoms with van der Waals surface area (Å²) in [5, 5.41) is 0. The molecule has 0 spiro atoms. The molecule has 0 N–H and O–H groups in total. The normalized spacial score (nSPS) is 9.90. The van der Waals surface area contributed by atoms with E-state index in [0.717, 1.165) is 22.3 Å². The van der Waals surface area contributed by atoms with Gasteiger partial charge in [-0.05, 0) is 22.8 Å². The average Bonchev–Trinajstić information content (AvgIpc) is 2.53. The summed E-state index contributed by atoms with van der Waals surface area (Å²) in [5.41, 5.74) is 3.63. The van der Waals surface area contributed by atoms with Gasteiger partial charge in [-0.3, -0.25) is 0 Å². The molecule has 2 rings (SSSR count). The lowest BCUT2D eigenvalue weighted by Crippen LogP contribution is -1.96. The van der Waals surface area contributed by atoms with Gasteiger partial charge in [-0.1, -0.05) is 55.6 Å². The number of hydrogen-bond acceptors (Lipinski definition) is 2. The van der Waals surface area contributed by atoms with Crippen LogP contribution in [0.5, 0.6) is 11.5 Å². The van der Waals surface area contributed by atoms with Crippen molar-refractivity contribution >= 4 is 11.1 Å². The monoisotopic (exact) mass is 266 g/mol. The second-order valence-corrected chi connectivity index (χ2v) is 4.36. The summed E-state index contributed by atoms with van der Waals surface area (Å²) in [7, 11) is 3.25. The third kappa shape index (κ3) is 2.59. The van der Waals surface area contributed by atoms with Gasteiger partial charge in [0.25, 0.3) is 0 Å². The number of allylic oxidation sites excluding steroid dienone is 2. The smallest absolute Gasteiger partial charge is 0.168 e. The van der Waals surface area contributed by atoms with Gasteiger partial charge in [0.15, 0.2) is 11.5 Å². The van der Waals surface area contributed by atoms with Crippen molar-refractivity contribution in [1.82, 2.24) is 0 Å². The molecule has 0 fully saturated rings. The van der Waals surface area contributed by atoms with E-state index in [1.165, 1.54) is 0 Å². The number of rotatable bonds is 5. The van der Waals surface area contributed by atoms with Gasteiger partial charge < -0.3 is 9.47 Å². The molecule has 2 nitrogen and oxygen atoms in total. The van der Waals surface area contributed by atoms with Crippen LogP contribution in [0.2, 0.25) is 0 Å². The van der Waals surface area contributed by atoms with Gasteiger partial charge in [-0.25, -0.2) is 0 Å². The summed E-state index contributed by atoms with van der Waals surface area (Å²) in [6.07, 6.45) is 0. The Balaban J connectivity index is 2.42. The summed E-state index contributed by atoms with van der Waals surface area (Å²) in [6.45, 7) is 8.29. The van der Waals surface area contributed by atoms with Crippen LogP contribution in [0.25, 0.3) is 11.1 Å². The highest BCUT2D eigenvalue weighted by Gasteiger charge is 2.14. The summed E-state index contributed by atoms with van der Waals surface area (Å²) in [5.74, 6) is 1.36. The van der Waals surface area contributed by atoms with Gasteiger partial charge in [0, 0.05) is 5.56 Å². The molecule has 0 saturated heterocycles. The maximum absolute atomic E-state index is 5.45. The zero-order chi connectivity index (χ0) is 14.5. The van der Waals surface area contributed by atoms with Gasteiger partial charge in [-0.15, -0.1) is 0 Å². The second kappa shape index (κ2) is 6.11. The molecule has 0 saturated carbocycles. The summed E-state index contributed by atoms with van der Waals surface area (Å²) >= 11 is 0. The molecule has 0 atom stereocenters. The third-order valence-electron chi connectivity index (χ3n) is 3.21. The predicted molar refractivity (Wildman–Crippen MR) is 84.1 cm³/mol. The molecule has 0 aromatic heterocycles. The van der Waals surface area contributed by atoms with Crippen LogP contribution in [-0.2, 0) is 0 Å². The van der Waals surface area contributed by atoms with Crippen LogP contribution in [-0.4, -0.2) is 14.2 Å². The van der Waals surface area contributed by atoms with Gasteiger partial charge in [-0.2, -0.15) is 0 Å². The van der Waals surface area contributed by atoms with Crippen molar-refractivity contribution in [2.24, 2.45) is 0 Å². The molecule has 0 amide bonds. The molecule has 0 aliphatic heterocycles. The molecule has 0 radical (unpaired) electrons. The maximum atomic E-state index is 5.45. The number of hydrogen-bond donors (Lipinski definition) is 0. The largest absolute Gasteiger partial charge is 0.493 e. The molecule has 102 valence electrons. The van der Waals surface area contributed by atoms with Crippen molar-refractivity contribution in [2.75, 3.05) is 14.2 Å². The highest BCUT2D eigenvalue weighted by atomic mass is 16.5. The lowest BCUT2D eigenvalue weighted by molar-refractivity contribution is 0.354. The standard InChI is InChI=1S/C18H18O2/c1-13(15-9-6-5-7-10-15)14(2)16-11-8-12-17(19-3)18(16)20-4/h5-12H,1-2H2,3-4H3. The Morgan fingerprint density at radius 1 is 0.800 bits per heavy atom. The Kier molecular flexibility index (Phi) is 4.26. The first-order chi connectivity index (χ1) is 9.69. The Labute approximate surface area is 120 Å². The Morgan fingerprint density at radius 2 is 1.50 bits per heavy atom. The third-order valence-corrected chi connectivity index (χ3v) is 3.21. The number of ether oxygens (including phenoxy) is 2. The van der Waals surface area contributed by atoms with Crippen LogP contribution in [0.1, 0.15) is 11.1 Å². The SMILES string of the molecule is C=C(C(=C)c1cccc(OC)c1OC)c1ccccc1. The molecular formula is C18H18O2. The maximum Gasteiger partial charge on any atom is 0.168 e. The summed E-state index contributed by atoms with van der Waals surface area (Å²) in [6, 6.07) is 15.7. The quantitative estimate of drug-likeness (QED) is 0.745. The van der Waals surface area contributed by atoms with E-state index in [1.807, 2.05) is 48.5 Å². The number of para-hydroxylation sites is 1. The van der Waals surface area contributed by atoms with Crippen molar-refractivity contribution < 1.29 is 9.47 Å². The Hall–Kier alpha value is -2.48. The van der Waals surface area contributed by atoms with Crippen molar-refractivity contribution in [3.05, 3.63) is 72.8 Å². The molecule has 2 aromatic rings. The first-order valence-corrected chi connectivity index (χ1v) is 6.34. The highest BCUT2D eigenvalue weighted by Crippen LogP contribution is 2.39. The van der Waals surface area contributed by atoms with E-state index in [4.69, 9.17) is 9.47 Å². The first-order valence-electron chi connectivity index (χ1n) is 6.34. The molecule has 0 aliphatic rings. The van der Waals surface area contributed by atoms with Crippen molar-refractivity contribution in [3.63, 3.8) is 0 Å². The minimum absolute atomic E-state index is 0.678. The Morgan fingerprint density at radius 3 is 2.10 bits per heavy atom. The lowest BCUT2D eigenvalue weighted by Gasteiger charge is -2.16. The molecule has 0 heterocycles. The van der Waals surface area contributed by atoms with E-state index < -0.39 is 0 Å². The van der Waals surface area contributed by atoms with E-state index in [2.05, 4.69) is 13.2 Å². The molecule has 2 aromatic carbocycles. The van der Waals surface area contributed by atoms with Crippen LogP contribution in [0.15, 0.2) is 61.7 Å². The topological polar surface area (TPSA) is 18.5 Å². The lowest BCUT2D eigenvalue weighted by atomic mass is 9.94. The van der Waals surface area contributed by atoms with E-state index >= 15 is 0 Å². The van der Waals surface area contributed by atoms with Crippen LogP contribution < -0.4 is 9.47 Å². The fourth-order valence-electron chi connectivity index (χ4n) is 2.10. The van der Waals surface area contributed by atoms with E-state index in [1.54, 1.807) is 14.2 Å². The fraction of sp³-hybridized carbons (Fsp3) is 0.111. The van der Waals surface area contributed by atoms with E-state index in [9.17, 15) is 0 Å². The van der Waals surface area contributed by atoms with Crippen molar-refractivity contribution in [1.29, 1.82) is 0 Å².